The van der Waals surface area contributed by atoms with E-state index < -0.39 is 6.29 Å². The molecule has 2 aliphatic rings. The molecule has 5 rings (SSSR count). The minimum absolute atomic E-state index is 0.0838. The standard InChI is InChI=1S/C18H15N3O4S/c22-13-9-12(15-10-24-17(13)25-15)21-18(26)20(11-5-2-1-3-6-11)16(19-21)14-7-4-8-23-14/h1-8,12,15,17H,9-10H2/t12-,15-,17-/m0/s1. The number of benzene rings is 1. The van der Waals surface area contributed by atoms with E-state index in [9.17, 15) is 4.79 Å². The fourth-order valence-corrected chi connectivity index (χ4v) is 3.81. The molecule has 2 saturated heterocycles. The lowest BCUT2D eigenvalue weighted by Crippen LogP contribution is -2.37. The van der Waals surface area contributed by atoms with Crippen molar-refractivity contribution in [2.75, 3.05) is 6.61 Å². The number of furan rings is 1. The van der Waals surface area contributed by atoms with E-state index in [1.807, 2.05) is 41.0 Å². The highest BCUT2D eigenvalue weighted by Crippen LogP contribution is 2.34. The van der Waals surface area contributed by atoms with E-state index in [4.69, 9.17) is 31.2 Å². The van der Waals surface area contributed by atoms with Crippen LogP contribution < -0.4 is 0 Å². The number of ether oxygens (including phenoxy) is 2. The maximum atomic E-state index is 12.2. The fourth-order valence-electron chi connectivity index (χ4n) is 3.44. The Labute approximate surface area is 153 Å². The Bertz CT molecular complexity index is 1010. The molecule has 0 saturated carbocycles. The van der Waals surface area contributed by atoms with Crippen molar-refractivity contribution in [2.24, 2.45) is 0 Å². The van der Waals surface area contributed by atoms with E-state index in [0.29, 0.717) is 23.0 Å². The number of rotatable bonds is 3. The lowest BCUT2D eigenvalue weighted by atomic mass is 10.0. The van der Waals surface area contributed by atoms with Crippen molar-refractivity contribution in [3.63, 3.8) is 0 Å². The zero-order valence-corrected chi connectivity index (χ0v) is 14.5. The number of carbonyl (C=O) groups is 1. The van der Waals surface area contributed by atoms with Crippen LogP contribution in [-0.4, -0.2) is 39.1 Å². The molecule has 4 heterocycles. The van der Waals surface area contributed by atoms with Gasteiger partial charge in [-0.15, -0.1) is 5.10 Å². The minimum atomic E-state index is -0.744. The second kappa shape index (κ2) is 6.01. The second-order valence-corrected chi connectivity index (χ2v) is 6.64. The van der Waals surface area contributed by atoms with Gasteiger partial charge in [-0.25, -0.2) is 4.68 Å². The summed E-state index contributed by atoms with van der Waals surface area (Å²) < 4.78 is 20.6. The van der Waals surface area contributed by atoms with Crippen LogP contribution in [0, 0.1) is 4.77 Å². The third-order valence-corrected chi connectivity index (χ3v) is 5.05. The summed E-state index contributed by atoms with van der Waals surface area (Å²) >= 11 is 5.72. The molecular formula is C18H15N3O4S. The number of Topliss-reactive ketones (excluding diaryl/α,β-unsaturated/α-hetero) is 1. The van der Waals surface area contributed by atoms with Crippen molar-refractivity contribution < 1.29 is 18.7 Å². The van der Waals surface area contributed by atoms with Crippen LogP contribution in [0.25, 0.3) is 17.3 Å². The summed E-state index contributed by atoms with van der Waals surface area (Å²) in [4.78, 5) is 12.2. The third kappa shape index (κ3) is 2.38. The molecule has 8 heteroatoms. The number of ketones is 1. The molecule has 1 aromatic carbocycles. The topological polar surface area (TPSA) is 71.4 Å². The number of para-hydroxylation sites is 1. The van der Waals surface area contributed by atoms with Gasteiger partial charge in [-0.2, -0.15) is 0 Å². The Hall–Kier alpha value is -2.55. The number of nitrogens with zero attached hydrogens (tertiary/aromatic N) is 3. The van der Waals surface area contributed by atoms with Gasteiger partial charge in [-0.05, 0) is 36.5 Å². The third-order valence-electron chi connectivity index (χ3n) is 4.68. The summed E-state index contributed by atoms with van der Waals surface area (Å²) in [7, 11) is 0. The monoisotopic (exact) mass is 369 g/mol. The molecule has 0 radical (unpaired) electrons. The lowest BCUT2D eigenvalue weighted by molar-refractivity contribution is -0.156. The zero-order valence-electron chi connectivity index (χ0n) is 13.6. The van der Waals surface area contributed by atoms with Gasteiger partial charge in [-0.1, -0.05) is 18.2 Å². The summed E-state index contributed by atoms with van der Waals surface area (Å²) in [5, 5.41) is 4.70. The molecule has 2 aliphatic heterocycles. The summed E-state index contributed by atoms with van der Waals surface area (Å²) in [5.41, 5.74) is 0.874. The van der Waals surface area contributed by atoms with Gasteiger partial charge in [0.1, 0.15) is 6.10 Å². The average molecular weight is 369 g/mol. The Morgan fingerprint density at radius 2 is 2.00 bits per heavy atom. The Morgan fingerprint density at radius 1 is 1.15 bits per heavy atom. The first-order valence-corrected chi connectivity index (χ1v) is 8.74. The molecule has 2 fully saturated rings. The maximum Gasteiger partial charge on any atom is 0.218 e. The molecule has 0 spiro atoms. The molecule has 0 amide bonds. The van der Waals surface area contributed by atoms with Crippen LogP contribution >= 0.6 is 12.2 Å². The normalized spacial score (nSPS) is 24.9. The predicted molar refractivity (Wildman–Crippen MR) is 93.4 cm³/mol. The van der Waals surface area contributed by atoms with Crippen LogP contribution in [0.15, 0.2) is 53.1 Å². The van der Waals surface area contributed by atoms with Gasteiger partial charge in [0.05, 0.1) is 24.6 Å². The minimum Gasteiger partial charge on any atom is -0.461 e. The highest BCUT2D eigenvalue weighted by atomic mass is 32.1. The summed E-state index contributed by atoms with van der Waals surface area (Å²) in [6, 6.07) is 13.0. The van der Waals surface area contributed by atoms with E-state index in [2.05, 4.69) is 0 Å². The molecular weight excluding hydrogens is 354 g/mol. The first kappa shape index (κ1) is 15.7. The summed E-state index contributed by atoms with van der Waals surface area (Å²) in [5.74, 6) is 1.10. The van der Waals surface area contributed by atoms with E-state index in [-0.39, 0.29) is 24.3 Å². The number of aromatic nitrogens is 3. The molecule has 0 N–H and O–H groups in total. The van der Waals surface area contributed by atoms with Crippen molar-refractivity contribution in [2.45, 2.75) is 24.9 Å². The smallest absolute Gasteiger partial charge is 0.218 e. The van der Waals surface area contributed by atoms with E-state index >= 15 is 0 Å². The first-order chi connectivity index (χ1) is 12.7. The van der Waals surface area contributed by atoms with Crippen LogP contribution in [-0.2, 0) is 14.3 Å². The summed E-state index contributed by atoms with van der Waals surface area (Å²) in [6.45, 7) is 0.358. The Balaban J connectivity index is 1.68. The van der Waals surface area contributed by atoms with Crippen LogP contribution in [0.4, 0.5) is 0 Å². The SMILES string of the molecule is O=C1C[C@H](n2nc(-c3ccco3)n(-c3ccccc3)c2=S)[C@@H]2CO[C@H]1O2. The maximum absolute atomic E-state index is 12.2. The number of fused-ring (bicyclic) bond motifs is 2. The van der Waals surface area contributed by atoms with Crippen LogP contribution in [0.5, 0.6) is 0 Å². The van der Waals surface area contributed by atoms with Crippen molar-refractivity contribution in [1.29, 1.82) is 0 Å². The average Bonchev–Trinajstić information content (AvgIpc) is 3.39. The molecule has 3 aromatic rings. The van der Waals surface area contributed by atoms with E-state index in [0.717, 1.165) is 5.69 Å². The molecule has 2 aromatic heterocycles. The Kier molecular flexibility index (Phi) is 3.63. The van der Waals surface area contributed by atoms with Crippen molar-refractivity contribution in [1.82, 2.24) is 14.3 Å². The molecule has 0 aliphatic carbocycles. The van der Waals surface area contributed by atoms with Crippen molar-refractivity contribution in [3.8, 4) is 17.3 Å². The molecule has 7 nitrogen and oxygen atoms in total. The predicted octanol–water partition coefficient (Wildman–Crippen LogP) is 2.92. The summed E-state index contributed by atoms with van der Waals surface area (Å²) in [6.07, 6.45) is 0.891. The van der Waals surface area contributed by atoms with Crippen molar-refractivity contribution in [3.05, 3.63) is 53.5 Å². The Morgan fingerprint density at radius 3 is 2.77 bits per heavy atom. The molecule has 0 unspecified atom stereocenters. The van der Waals surface area contributed by atoms with Gasteiger partial charge >= 0.3 is 0 Å². The highest BCUT2D eigenvalue weighted by Gasteiger charge is 2.45. The molecule has 3 atom stereocenters. The number of carbonyl (C=O) groups excluding carboxylic acids is 1. The number of hydrogen-bond acceptors (Lipinski definition) is 6. The number of hydrogen-bond donors (Lipinski definition) is 0. The van der Waals surface area contributed by atoms with Gasteiger partial charge in [0.15, 0.2) is 11.5 Å². The van der Waals surface area contributed by atoms with Crippen LogP contribution in [0.1, 0.15) is 12.5 Å². The lowest BCUT2D eigenvalue weighted by Gasteiger charge is -2.26. The van der Waals surface area contributed by atoms with E-state index in [1.165, 1.54) is 0 Å². The van der Waals surface area contributed by atoms with Gasteiger partial charge in [0.2, 0.25) is 16.9 Å². The van der Waals surface area contributed by atoms with E-state index in [1.54, 1.807) is 17.0 Å². The second-order valence-electron chi connectivity index (χ2n) is 6.28. The van der Waals surface area contributed by atoms with Gasteiger partial charge in [-0.3, -0.25) is 9.36 Å². The van der Waals surface area contributed by atoms with Gasteiger partial charge in [0, 0.05) is 6.42 Å². The quantitative estimate of drug-likeness (QED) is 0.661. The van der Waals surface area contributed by atoms with Crippen LogP contribution in [0.3, 0.4) is 0 Å². The van der Waals surface area contributed by atoms with Gasteiger partial charge in [0.25, 0.3) is 0 Å². The molecule has 132 valence electrons. The largest absolute Gasteiger partial charge is 0.461 e. The highest BCUT2D eigenvalue weighted by molar-refractivity contribution is 7.71. The molecule has 2 bridgehead atoms. The van der Waals surface area contributed by atoms with Crippen molar-refractivity contribution >= 4 is 18.0 Å². The van der Waals surface area contributed by atoms with Crippen LogP contribution in [0.2, 0.25) is 0 Å². The first-order valence-electron chi connectivity index (χ1n) is 8.33. The van der Waals surface area contributed by atoms with Gasteiger partial charge < -0.3 is 13.9 Å². The zero-order chi connectivity index (χ0) is 17.7. The fraction of sp³-hybridized carbons (Fsp3) is 0.278. The molecule has 26 heavy (non-hydrogen) atoms.